The number of carbonyl (C=O) groups is 1. The van der Waals surface area contributed by atoms with Crippen molar-refractivity contribution in [1.29, 1.82) is 0 Å². The van der Waals surface area contributed by atoms with Crippen LogP contribution in [0, 0.1) is 0 Å². The van der Waals surface area contributed by atoms with E-state index in [-0.39, 0.29) is 12.5 Å². The van der Waals surface area contributed by atoms with E-state index in [1.807, 2.05) is 6.08 Å². The Morgan fingerprint density at radius 2 is 1.33 bits per heavy atom. The van der Waals surface area contributed by atoms with Crippen LogP contribution < -0.4 is 5.32 Å². The Morgan fingerprint density at radius 1 is 0.800 bits per heavy atom. The summed E-state index contributed by atoms with van der Waals surface area (Å²) in [5.74, 6) is -0.0982. The molecule has 0 aromatic heterocycles. The predicted octanol–water partition coefficient (Wildman–Crippen LogP) is 6.22. The van der Waals surface area contributed by atoms with Crippen LogP contribution in [-0.4, -0.2) is 34.9 Å². The fourth-order valence-corrected chi connectivity index (χ4v) is 3.47. The number of hydrogen-bond donors (Lipinski definition) is 3. The summed E-state index contributed by atoms with van der Waals surface area (Å²) in [6.07, 6.45) is 25.6. The maximum atomic E-state index is 12.0. The van der Waals surface area contributed by atoms with E-state index in [2.05, 4.69) is 25.2 Å². The average molecular weight is 424 g/mol. The summed E-state index contributed by atoms with van der Waals surface area (Å²) in [6, 6.07) is -0.643. The van der Waals surface area contributed by atoms with Crippen molar-refractivity contribution in [1.82, 2.24) is 5.32 Å². The molecule has 0 bridgehead atoms. The number of amides is 1. The van der Waals surface area contributed by atoms with Crippen LogP contribution in [0.4, 0.5) is 0 Å². The van der Waals surface area contributed by atoms with E-state index in [9.17, 15) is 15.0 Å². The number of aliphatic hydroxyl groups is 2. The quantitative estimate of drug-likeness (QED) is 0.152. The lowest BCUT2D eigenvalue weighted by molar-refractivity contribution is -0.123. The first-order chi connectivity index (χ1) is 14.7. The van der Waals surface area contributed by atoms with Gasteiger partial charge in [-0.3, -0.25) is 4.79 Å². The third-order valence-corrected chi connectivity index (χ3v) is 5.49. The molecular formula is C26H49NO3. The molecule has 0 aliphatic carbocycles. The SMILES string of the molecule is CCCCCCCCCCC/C=C/C=C/[C@@H](O)[C@H](CO)NC(=O)CCCCCCC. The summed E-state index contributed by atoms with van der Waals surface area (Å²) in [4.78, 5) is 12.0. The van der Waals surface area contributed by atoms with Crippen LogP contribution in [0.3, 0.4) is 0 Å². The van der Waals surface area contributed by atoms with Crippen LogP contribution >= 0.6 is 0 Å². The van der Waals surface area contributed by atoms with Crippen molar-refractivity contribution >= 4 is 5.91 Å². The fourth-order valence-electron chi connectivity index (χ4n) is 3.47. The molecule has 0 spiro atoms. The number of nitrogens with one attached hydrogen (secondary N) is 1. The molecule has 2 atom stereocenters. The summed E-state index contributed by atoms with van der Waals surface area (Å²) < 4.78 is 0. The summed E-state index contributed by atoms with van der Waals surface area (Å²) in [6.45, 7) is 4.15. The normalized spacial score (nSPS) is 13.9. The highest BCUT2D eigenvalue weighted by molar-refractivity contribution is 5.76. The number of hydrogen-bond acceptors (Lipinski definition) is 3. The zero-order chi connectivity index (χ0) is 22.3. The van der Waals surface area contributed by atoms with Crippen molar-refractivity contribution in [3.05, 3.63) is 24.3 Å². The van der Waals surface area contributed by atoms with Gasteiger partial charge in [0.05, 0.1) is 18.8 Å². The second kappa shape index (κ2) is 22.6. The van der Waals surface area contributed by atoms with Crippen molar-refractivity contribution in [3.8, 4) is 0 Å². The van der Waals surface area contributed by atoms with Crippen LogP contribution in [0.5, 0.6) is 0 Å². The second-order valence-electron chi connectivity index (χ2n) is 8.44. The molecule has 0 aliphatic rings. The molecule has 4 heteroatoms. The molecule has 0 rings (SSSR count). The van der Waals surface area contributed by atoms with Crippen LogP contribution in [0.1, 0.15) is 117 Å². The monoisotopic (exact) mass is 423 g/mol. The number of aliphatic hydroxyl groups excluding tert-OH is 2. The predicted molar refractivity (Wildman–Crippen MR) is 129 cm³/mol. The lowest BCUT2D eigenvalue weighted by Crippen LogP contribution is -2.45. The van der Waals surface area contributed by atoms with E-state index in [0.717, 1.165) is 25.7 Å². The van der Waals surface area contributed by atoms with Crippen LogP contribution in [-0.2, 0) is 4.79 Å². The second-order valence-corrected chi connectivity index (χ2v) is 8.44. The first-order valence-electron chi connectivity index (χ1n) is 12.6. The third kappa shape index (κ3) is 18.9. The van der Waals surface area contributed by atoms with Crippen LogP contribution in [0.2, 0.25) is 0 Å². The van der Waals surface area contributed by atoms with Gasteiger partial charge in [-0.15, -0.1) is 0 Å². The van der Waals surface area contributed by atoms with Gasteiger partial charge in [-0.2, -0.15) is 0 Å². The van der Waals surface area contributed by atoms with Gasteiger partial charge in [-0.05, 0) is 19.3 Å². The standard InChI is InChI=1S/C26H49NO3/c1-3-5-7-9-10-11-12-13-14-15-16-18-19-21-25(29)24(23-28)27-26(30)22-20-17-8-6-4-2/h16,18-19,21,24-25,28-29H,3-15,17,20,22-23H2,1-2H3,(H,27,30)/b18-16+,21-19+/t24-,25+/m0/s1. The van der Waals surface area contributed by atoms with Crippen molar-refractivity contribution in [2.24, 2.45) is 0 Å². The Labute approximate surface area is 186 Å². The molecule has 4 nitrogen and oxygen atoms in total. The van der Waals surface area contributed by atoms with Crippen molar-refractivity contribution in [2.75, 3.05) is 6.61 Å². The molecule has 0 saturated carbocycles. The van der Waals surface area contributed by atoms with E-state index in [1.165, 1.54) is 70.6 Å². The molecule has 176 valence electrons. The molecule has 3 N–H and O–H groups in total. The molecule has 1 amide bonds. The number of carbonyl (C=O) groups excluding carboxylic acids is 1. The molecule has 0 radical (unpaired) electrons. The fraction of sp³-hybridized carbons (Fsp3) is 0.808. The number of rotatable bonds is 21. The summed E-state index contributed by atoms with van der Waals surface area (Å²) in [5, 5.41) is 22.4. The Balaban J connectivity index is 3.81. The molecule has 0 saturated heterocycles. The highest BCUT2D eigenvalue weighted by Crippen LogP contribution is 2.10. The molecule has 0 aromatic carbocycles. The number of allylic oxidation sites excluding steroid dienone is 3. The molecular weight excluding hydrogens is 374 g/mol. The van der Waals surface area contributed by atoms with Gasteiger partial charge in [0.2, 0.25) is 5.91 Å². The van der Waals surface area contributed by atoms with Gasteiger partial charge in [0, 0.05) is 6.42 Å². The zero-order valence-corrected chi connectivity index (χ0v) is 19.8. The van der Waals surface area contributed by atoms with Gasteiger partial charge in [-0.1, -0.05) is 115 Å². The topological polar surface area (TPSA) is 69.6 Å². The first-order valence-corrected chi connectivity index (χ1v) is 12.6. The van der Waals surface area contributed by atoms with E-state index in [4.69, 9.17) is 0 Å². The smallest absolute Gasteiger partial charge is 0.220 e. The lowest BCUT2D eigenvalue weighted by Gasteiger charge is -2.19. The van der Waals surface area contributed by atoms with Gasteiger partial charge >= 0.3 is 0 Å². The highest BCUT2D eigenvalue weighted by atomic mass is 16.3. The van der Waals surface area contributed by atoms with Gasteiger partial charge in [-0.25, -0.2) is 0 Å². The van der Waals surface area contributed by atoms with Crippen molar-refractivity contribution in [2.45, 2.75) is 129 Å². The molecule has 30 heavy (non-hydrogen) atoms. The summed E-state index contributed by atoms with van der Waals surface area (Å²) >= 11 is 0. The Morgan fingerprint density at radius 3 is 1.90 bits per heavy atom. The van der Waals surface area contributed by atoms with E-state index in [1.54, 1.807) is 12.2 Å². The minimum Gasteiger partial charge on any atom is -0.394 e. The number of unbranched alkanes of at least 4 members (excludes halogenated alkanes) is 13. The summed E-state index contributed by atoms with van der Waals surface area (Å²) in [7, 11) is 0. The first kappa shape index (κ1) is 28.9. The minimum absolute atomic E-state index is 0.0982. The van der Waals surface area contributed by atoms with Crippen LogP contribution in [0.25, 0.3) is 0 Å². The Hall–Kier alpha value is -1.13. The lowest BCUT2D eigenvalue weighted by atomic mass is 10.1. The van der Waals surface area contributed by atoms with Gasteiger partial charge in [0.15, 0.2) is 0 Å². The van der Waals surface area contributed by atoms with E-state index in [0.29, 0.717) is 6.42 Å². The molecule has 0 aliphatic heterocycles. The Bertz CT molecular complexity index is 434. The molecule has 0 unspecified atom stereocenters. The van der Waals surface area contributed by atoms with Gasteiger partial charge in [0.1, 0.15) is 0 Å². The van der Waals surface area contributed by atoms with E-state index < -0.39 is 12.1 Å². The largest absolute Gasteiger partial charge is 0.394 e. The van der Waals surface area contributed by atoms with E-state index >= 15 is 0 Å². The van der Waals surface area contributed by atoms with Crippen molar-refractivity contribution < 1.29 is 15.0 Å². The molecule has 0 aromatic rings. The molecule has 0 heterocycles. The minimum atomic E-state index is -0.878. The zero-order valence-electron chi connectivity index (χ0n) is 19.8. The molecule has 0 fully saturated rings. The Kier molecular flexibility index (Phi) is 21.7. The van der Waals surface area contributed by atoms with Crippen molar-refractivity contribution in [3.63, 3.8) is 0 Å². The average Bonchev–Trinajstić information content (AvgIpc) is 2.75. The summed E-state index contributed by atoms with van der Waals surface area (Å²) in [5.41, 5.74) is 0. The highest BCUT2D eigenvalue weighted by Gasteiger charge is 2.17. The third-order valence-electron chi connectivity index (χ3n) is 5.49. The van der Waals surface area contributed by atoms with Gasteiger partial charge < -0.3 is 15.5 Å². The maximum absolute atomic E-state index is 12.0. The van der Waals surface area contributed by atoms with Crippen LogP contribution in [0.15, 0.2) is 24.3 Å². The van der Waals surface area contributed by atoms with Gasteiger partial charge in [0.25, 0.3) is 0 Å². The maximum Gasteiger partial charge on any atom is 0.220 e.